The topological polar surface area (TPSA) is 32.3 Å². The number of hydrogen-bond donors (Lipinski definition) is 1. The molecule has 0 aliphatic carbocycles. The number of nitrogens with zero attached hydrogens (tertiary/aromatic N) is 1. The third kappa shape index (κ3) is 2.22. The van der Waals surface area contributed by atoms with Crippen LogP contribution in [0, 0.1) is 5.82 Å². The number of piperazine rings is 1. The van der Waals surface area contributed by atoms with Gasteiger partial charge in [0.1, 0.15) is 5.82 Å². The summed E-state index contributed by atoms with van der Waals surface area (Å²) in [4.78, 5) is 13.9. The van der Waals surface area contributed by atoms with Crippen molar-refractivity contribution < 1.29 is 9.18 Å². The van der Waals surface area contributed by atoms with E-state index in [9.17, 15) is 9.18 Å². The van der Waals surface area contributed by atoms with Gasteiger partial charge in [0.05, 0.1) is 0 Å². The van der Waals surface area contributed by atoms with Gasteiger partial charge in [-0.1, -0.05) is 6.07 Å². The number of nitrogens with one attached hydrogen (secondary N) is 1. The Kier molecular flexibility index (Phi) is 3.19. The molecule has 0 radical (unpaired) electrons. The quantitative estimate of drug-likeness (QED) is 0.776. The zero-order chi connectivity index (χ0) is 11.5. The Bertz CT molecular complexity index is 394. The highest BCUT2D eigenvalue weighted by Gasteiger charge is 2.23. The average molecular weight is 222 g/mol. The number of rotatable bonds is 1. The molecule has 0 bridgehead atoms. The highest BCUT2D eigenvalue weighted by molar-refractivity contribution is 5.94. The third-order valence-corrected chi connectivity index (χ3v) is 2.83. The van der Waals surface area contributed by atoms with Crippen molar-refractivity contribution in [2.24, 2.45) is 0 Å². The van der Waals surface area contributed by atoms with Crippen LogP contribution in [0.25, 0.3) is 0 Å². The van der Waals surface area contributed by atoms with E-state index < -0.39 is 0 Å². The summed E-state index contributed by atoms with van der Waals surface area (Å²) in [6, 6.07) is 6.01. The first-order valence-electron chi connectivity index (χ1n) is 5.46. The Labute approximate surface area is 94.3 Å². The number of halogens is 1. The minimum atomic E-state index is -0.367. The summed E-state index contributed by atoms with van der Waals surface area (Å²) in [7, 11) is 0. The summed E-state index contributed by atoms with van der Waals surface area (Å²) in [5.74, 6) is -0.456. The van der Waals surface area contributed by atoms with Gasteiger partial charge in [-0.15, -0.1) is 0 Å². The molecule has 2 rings (SSSR count). The molecule has 0 spiro atoms. The SMILES string of the molecule is C[C@H]1CNCCN1C(=O)c1cccc(F)c1. The van der Waals surface area contributed by atoms with Gasteiger partial charge in [-0.2, -0.15) is 0 Å². The van der Waals surface area contributed by atoms with Crippen molar-refractivity contribution in [3.05, 3.63) is 35.6 Å². The van der Waals surface area contributed by atoms with Gasteiger partial charge in [-0.05, 0) is 25.1 Å². The molecule has 1 fully saturated rings. The molecule has 0 saturated carbocycles. The van der Waals surface area contributed by atoms with Gasteiger partial charge in [0, 0.05) is 31.2 Å². The summed E-state index contributed by atoms with van der Waals surface area (Å²) in [6.07, 6.45) is 0. The van der Waals surface area contributed by atoms with E-state index in [1.807, 2.05) is 6.92 Å². The van der Waals surface area contributed by atoms with E-state index >= 15 is 0 Å². The lowest BCUT2D eigenvalue weighted by Crippen LogP contribution is -2.52. The van der Waals surface area contributed by atoms with E-state index in [-0.39, 0.29) is 17.8 Å². The maximum absolute atomic E-state index is 13.0. The molecular weight excluding hydrogens is 207 g/mol. The lowest BCUT2D eigenvalue weighted by molar-refractivity contribution is 0.0655. The van der Waals surface area contributed by atoms with Crippen molar-refractivity contribution in [3.8, 4) is 0 Å². The normalized spacial score (nSPS) is 20.9. The first kappa shape index (κ1) is 11.1. The van der Waals surface area contributed by atoms with Gasteiger partial charge in [0.2, 0.25) is 0 Å². The van der Waals surface area contributed by atoms with E-state index in [0.717, 1.165) is 13.1 Å². The molecule has 0 unspecified atom stereocenters. The summed E-state index contributed by atoms with van der Waals surface area (Å²) in [5.41, 5.74) is 0.425. The van der Waals surface area contributed by atoms with Crippen LogP contribution in [0.4, 0.5) is 4.39 Å². The van der Waals surface area contributed by atoms with Crippen molar-refractivity contribution in [1.82, 2.24) is 10.2 Å². The summed E-state index contributed by atoms with van der Waals surface area (Å²) in [5, 5.41) is 3.21. The van der Waals surface area contributed by atoms with Crippen LogP contribution < -0.4 is 5.32 Å². The Morgan fingerprint density at radius 1 is 1.56 bits per heavy atom. The van der Waals surface area contributed by atoms with E-state index in [4.69, 9.17) is 0 Å². The molecule has 1 saturated heterocycles. The standard InChI is InChI=1S/C12H15FN2O/c1-9-8-14-5-6-15(9)12(16)10-3-2-4-11(13)7-10/h2-4,7,9,14H,5-6,8H2,1H3/t9-/m0/s1. The maximum atomic E-state index is 13.0. The minimum absolute atomic E-state index is 0.0894. The van der Waals surface area contributed by atoms with Crippen molar-refractivity contribution >= 4 is 5.91 Å². The van der Waals surface area contributed by atoms with Gasteiger partial charge in [-0.25, -0.2) is 4.39 Å². The summed E-state index contributed by atoms with van der Waals surface area (Å²) < 4.78 is 13.0. The van der Waals surface area contributed by atoms with Crippen LogP contribution in [0.5, 0.6) is 0 Å². The van der Waals surface area contributed by atoms with Crippen LogP contribution in [-0.2, 0) is 0 Å². The highest BCUT2D eigenvalue weighted by atomic mass is 19.1. The van der Waals surface area contributed by atoms with Crippen LogP contribution in [0.1, 0.15) is 17.3 Å². The maximum Gasteiger partial charge on any atom is 0.254 e. The molecular formula is C12H15FN2O. The molecule has 3 nitrogen and oxygen atoms in total. The zero-order valence-corrected chi connectivity index (χ0v) is 9.24. The molecule has 1 heterocycles. The molecule has 4 heteroatoms. The van der Waals surface area contributed by atoms with Crippen LogP contribution >= 0.6 is 0 Å². The van der Waals surface area contributed by atoms with Gasteiger partial charge >= 0.3 is 0 Å². The Balaban J connectivity index is 2.17. The fourth-order valence-corrected chi connectivity index (χ4v) is 1.93. The van der Waals surface area contributed by atoms with Crippen molar-refractivity contribution in [3.63, 3.8) is 0 Å². The molecule has 1 aromatic carbocycles. The van der Waals surface area contributed by atoms with Crippen molar-refractivity contribution in [2.45, 2.75) is 13.0 Å². The number of amides is 1. The van der Waals surface area contributed by atoms with Crippen LogP contribution in [0.2, 0.25) is 0 Å². The second-order valence-electron chi connectivity index (χ2n) is 4.06. The summed E-state index contributed by atoms with van der Waals surface area (Å²) >= 11 is 0. The number of carbonyl (C=O) groups is 1. The second kappa shape index (κ2) is 4.61. The third-order valence-electron chi connectivity index (χ3n) is 2.83. The Morgan fingerprint density at radius 3 is 3.06 bits per heavy atom. The highest BCUT2D eigenvalue weighted by Crippen LogP contribution is 2.11. The van der Waals surface area contributed by atoms with E-state index in [1.54, 1.807) is 17.0 Å². The first-order valence-corrected chi connectivity index (χ1v) is 5.46. The molecule has 1 aliphatic heterocycles. The van der Waals surface area contributed by atoms with Crippen molar-refractivity contribution in [2.75, 3.05) is 19.6 Å². The number of benzene rings is 1. The number of hydrogen-bond acceptors (Lipinski definition) is 2. The largest absolute Gasteiger partial charge is 0.333 e. The molecule has 86 valence electrons. The van der Waals surface area contributed by atoms with Crippen LogP contribution in [0.15, 0.2) is 24.3 Å². The van der Waals surface area contributed by atoms with E-state index in [2.05, 4.69) is 5.32 Å². The smallest absolute Gasteiger partial charge is 0.254 e. The minimum Gasteiger partial charge on any atom is -0.333 e. The van der Waals surface area contributed by atoms with Crippen molar-refractivity contribution in [1.29, 1.82) is 0 Å². The molecule has 1 amide bonds. The molecule has 16 heavy (non-hydrogen) atoms. The van der Waals surface area contributed by atoms with Gasteiger partial charge < -0.3 is 10.2 Å². The Hall–Kier alpha value is -1.42. The van der Waals surface area contributed by atoms with Crippen LogP contribution in [0.3, 0.4) is 0 Å². The molecule has 1 aliphatic rings. The first-order chi connectivity index (χ1) is 7.68. The molecule has 1 aromatic rings. The summed E-state index contributed by atoms with van der Waals surface area (Å²) in [6.45, 7) is 4.26. The Morgan fingerprint density at radius 2 is 2.38 bits per heavy atom. The molecule has 0 aromatic heterocycles. The van der Waals surface area contributed by atoms with Gasteiger partial charge in [-0.3, -0.25) is 4.79 Å². The predicted molar refractivity (Wildman–Crippen MR) is 59.8 cm³/mol. The van der Waals surface area contributed by atoms with Gasteiger partial charge in [0.15, 0.2) is 0 Å². The van der Waals surface area contributed by atoms with E-state index in [0.29, 0.717) is 12.1 Å². The molecule has 1 N–H and O–H groups in total. The van der Waals surface area contributed by atoms with Gasteiger partial charge in [0.25, 0.3) is 5.91 Å². The van der Waals surface area contributed by atoms with Crippen LogP contribution in [-0.4, -0.2) is 36.5 Å². The average Bonchev–Trinajstić information content (AvgIpc) is 2.29. The monoisotopic (exact) mass is 222 g/mol. The fourth-order valence-electron chi connectivity index (χ4n) is 1.93. The lowest BCUT2D eigenvalue weighted by Gasteiger charge is -2.34. The second-order valence-corrected chi connectivity index (χ2v) is 4.06. The zero-order valence-electron chi connectivity index (χ0n) is 9.24. The fraction of sp³-hybridized carbons (Fsp3) is 0.417. The van der Waals surface area contributed by atoms with E-state index in [1.165, 1.54) is 12.1 Å². The predicted octanol–water partition coefficient (Wildman–Crippen LogP) is 1.26. The number of carbonyl (C=O) groups excluding carboxylic acids is 1. The lowest BCUT2D eigenvalue weighted by atomic mass is 10.1. The molecule has 1 atom stereocenters.